The monoisotopic (exact) mass is 316 g/mol. The minimum Gasteiger partial charge on any atom is -0.480 e. The van der Waals surface area contributed by atoms with Gasteiger partial charge in [-0.2, -0.15) is 13.2 Å². The van der Waals surface area contributed by atoms with Crippen molar-refractivity contribution in [3.63, 3.8) is 0 Å². The zero-order valence-corrected chi connectivity index (χ0v) is 11.8. The Hall–Kier alpha value is -2.09. The lowest BCUT2D eigenvalue weighted by atomic mass is 10.2. The summed E-state index contributed by atoms with van der Waals surface area (Å²) in [4.78, 5) is 25.8. The Labute approximate surface area is 124 Å². The van der Waals surface area contributed by atoms with Crippen LogP contribution < -0.4 is 4.90 Å². The molecule has 1 aliphatic rings. The zero-order chi connectivity index (χ0) is 16.5. The van der Waals surface area contributed by atoms with Crippen LogP contribution in [0.3, 0.4) is 0 Å². The van der Waals surface area contributed by atoms with E-state index in [2.05, 4.69) is 0 Å². The third-order valence-electron chi connectivity index (χ3n) is 3.60. The van der Waals surface area contributed by atoms with Crippen LogP contribution in [0, 0.1) is 0 Å². The third kappa shape index (κ3) is 3.38. The second-order valence-corrected chi connectivity index (χ2v) is 5.15. The van der Waals surface area contributed by atoms with Crippen molar-refractivity contribution in [1.29, 1.82) is 0 Å². The van der Waals surface area contributed by atoms with Crippen molar-refractivity contribution in [1.82, 2.24) is 4.90 Å². The number of anilines is 1. The predicted octanol–water partition coefficient (Wildman–Crippen LogP) is 1.83. The van der Waals surface area contributed by atoms with Crippen molar-refractivity contribution in [2.24, 2.45) is 0 Å². The molecule has 120 valence electrons. The minimum atomic E-state index is -4.42. The molecule has 22 heavy (non-hydrogen) atoms. The summed E-state index contributed by atoms with van der Waals surface area (Å²) < 4.78 is 37.6. The fourth-order valence-electron chi connectivity index (χ4n) is 2.48. The maximum Gasteiger partial charge on any atom is 0.416 e. The first-order valence-electron chi connectivity index (χ1n) is 6.61. The maximum absolute atomic E-state index is 12.5. The Bertz CT molecular complexity index is 572. The number of carbonyl (C=O) groups is 2. The average Bonchev–Trinajstić information content (AvgIpc) is 2.79. The van der Waals surface area contributed by atoms with Crippen LogP contribution in [0.1, 0.15) is 12.0 Å². The van der Waals surface area contributed by atoms with E-state index in [0.717, 1.165) is 12.1 Å². The number of benzene rings is 1. The molecule has 1 atom stereocenters. The van der Waals surface area contributed by atoms with Gasteiger partial charge in [-0.05, 0) is 37.7 Å². The lowest BCUT2D eigenvalue weighted by Gasteiger charge is -2.22. The number of carbonyl (C=O) groups excluding carboxylic acids is 1. The summed E-state index contributed by atoms with van der Waals surface area (Å²) in [6.07, 6.45) is -3.98. The molecule has 0 aliphatic carbocycles. The number of carboxylic acid groups (broad SMARTS) is 1. The van der Waals surface area contributed by atoms with E-state index in [0.29, 0.717) is 18.7 Å². The SMILES string of the molecule is CN(CC(=O)O)C1CCN(c2ccc(C(F)(F)F)cc2)C1=O. The zero-order valence-electron chi connectivity index (χ0n) is 11.8. The molecule has 1 amide bonds. The fourth-order valence-corrected chi connectivity index (χ4v) is 2.48. The van der Waals surface area contributed by atoms with Crippen molar-refractivity contribution in [2.45, 2.75) is 18.6 Å². The van der Waals surface area contributed by atoms with Crippen LogP contribution in [0.2, 0.25) is 0 Å². The summed E-state index contributed by atoms with van der Waals surface area (Å²) in [7, 11) is 1.53. The van der Waals surface area contributed by atoms with Gasteiger partial charge in [0.15, 0.2) is 0 Å². The molecule has 1 N–H and O–H groups in total. The maximum atomic E-state index is 12.5. The third-order valence-corrected chi connectivity index (χ3v) is 3.60. The fraction of sp³-hybridized carbons (Fsp3) is 0.429. The summed E-state index contributed by atoms with van der Waals surface area (Å²) >= 11 is 0. The van der Waals surface area contributed by atoms with E-state index in [9.17, 15) is 22.8 Å². The van der Waals surface area contributed by atoms with Gasteiger partial charge in [-0.3, -0.25) is 14.5 Å². The molecule has 0 saturated carbocycles. The molecule has 1 unspecified atom stereocenters. The van der Waals surface area contributed by atoms with Crippen molar-refractivity contribution < 1.29 is 27.9 Å². The lowest BCUT2D eigenvalue weighted by molar-refractivity contribution is -0.139. The highest BCUT2D eigenvalue weighted by molar-refractivity contribution is 5.99. The molecule has 1 aromatic carbocycles. The quantitative estimate of drug-likeness (QED) is 0.920. The van der Waals surface area contributed by atoms with Gasteiger partial charge in [0, 0.05) is 12.2 Å². The number of halogens is 3. The lowest BCUT2D eigenvalue weighted by Crippen LogP contribution is -2.42. The molecule has 1 fully saturated rings. The number of likely N-dealkylation sites (N-methyl/N-ethyl adjacent to an activating group) is 1. The average molecular weight is 316 g/mol. The smallest absolute Gasteiger partial charge is 0.416 e. The van der Waals surface area contributed by atoms with Crippen molar-refractivity contribution in [2.75, 3.05) is 25.0 Å². The van der Waals surface area contributed by atoms with Gasteiger partial charge >= 0.3 is 12.1 Å². The van der Waals surface area contributed by atoms with Crippen LogP contribution in [-0.2, 0) is 15.8 Å². The summed E-state index contributed by atoms with van der Waals surface area (Å²) in [6, 6.07) is 3.78. The molecular weight excluding hydrogens is 301 g/mol. The first-order valence-corrected chi connectivity index (χ1v) is 6.61. The molecule has 1 aromatic rings. The molecule has 1 saturated heterocycles. The van der Waals surface area contributed by atoms with E-state index in [1.54, 1.807) is 0 Å². The number of carboxylic acids is 1. The van der Waals surface area contributed by atoms with Gasteiger partial charge in [0.25, 0.3) is 0 Å². The van der Waals surface area contributed by atoms with Crippen LogP contribution in [0.4, 0.5) is 18.9 Å². The molecule has 1 aliphatic heterocycles. The topological polar surface area (TPSA) is 60.9 Å². The van der Waals surface area contributed by atoms with Gasteiger partial charge in [0.2, 0.25) is 5.91 Å². The van der Waals surface area contributed by atoms with Crippen LogP contribution in [0.25, 0.3) is 0 Å². The van der Waals surface area contributed by atoms with E-state index < -0.39 is 23.8 Å². The molecule has 8 heteroatoms. The molecule has 2 rings (SSSR count). The number of aliphatic carboxylic acids is 1. The van der Waals surface area contributed by atoms with Crippen LogP contribution in [-0.4, -0.2) is 48.1 Å². The standard InChI is InChI=1S/C14H15F3N2O3/c1-18(8-12(20)21)11-6-7-19(13(11)22)10-4-2-9(3-5-10)14(15,16)17/h2-5,11H,6-8H2,1H3,(H,20,21). The van der Waals surface area contributed by atoms with Crippen molar-refractivity contribution in [3.8, 4) is 0 Å². The van der Waals surface area contributed by atoms with Crippen LogP contribution >= 0.6 is 0 Å². The van der Waals surface area contributed by atoms with E-state index >= 15 is 0 Å². The molecule has 0 bridgehead atoms. The molecule has 5 nitrogen and oxygen atoms in total. The number of hydrogen-bond acceptors (Lipinski definition) is 3. The Morgan fingerprint density at radius 3 is 2.45 bits per heavy atom. The Kier molecular flexibility index (Phi) is 4.41. The second kappa shape index (κ2) is 5.96. The Balaban J connectivity index is 2.11. The van der Waals surface area contributed by atoms with Crippen LogP contribution in [0.5, 0.6) is 0 Å². The van der Waals surface area contributed by atoms with Gasteiger partial charge in [0.05, 0.1) is 18.2 Å². The van der Waals surface area contributed by atoms with Gasteiger partial charge in [-0.1, -0.05) is 0 Å². The summed E-state index contributed by atoms with van der Waals surface area (Å²) in [5.74, 6) is -1.34. The van der Waals surface area contributed by atoms with Gasteiger partial charge < -0.3 is 10.0 Å². The van der Waals surface area contributed by atoms with Crippen molar-refractivity contribution in [3.05, 3.63) is 29.8 Å². The second-order valence-electron chi connectivity index (χ2n) is 5.15. The number of alkyl halides is 3. The van der Waals surface area contributed by atoms with Gasteiger partial charge in [-0.15, -0.1) is 0 Å². The molecule has 0 spiro atoms. The highest BCUT2D eigenvalue weighted by Gasteiger charge is 2.36. The van der Waals surface area contributed by atoms with E-state index in [-0.39, 0.29) is 12.5 Å². The summed E-state index contributed by atoms with van der Waals surface area (Å²) in [6.45, 7) is 0.0794. The molecular formula is C14H15F3N2O3. The van der Waals surface area contributed by atoms with Gasteiger partial charge in [0.1, 0.15) is 0 Å². The largest absolute Gasteiger partial charge is 0.480 e. The van der Waals surface area contributed by atoms with Gasteiger partial charge in [-0.25, -0.2) is 0 Å². The number of rotatable bonds is 4. The highest BCUT2D eigenvalue weighted by atomic mass is 19.4. The minimum absolute atomic E-state index is 0.267. The first kappa shape index (κ1) is 16.3. The van der Waals surface area contributed by atoms with E-state index in [1.165, 1.54) is 29.0 Å². The normalized spacial score (nSPS) is 19.0. The Morgan fingerprint density at radius 2 is 1.95 bits per heavy atom. The Morgan fingerprint density at radius 1 is 1.36 bits per heavy atom. The summed E-state index contributed by atoms with van der Waals surface area (Å²) in [5, 5.41) is 8.75. The number of amides is 1. The van der Waals surface area contributed by atoms with Crippen LogP contribution in [0.15, 0.2) is 24.3 Å². The van der Waals surface area contributed by atoms with E-state index in [1.807, 2.05) is 0 Å². The molecule has 1 heterocycles. The van der Waals surface area contributed by atoms with Crippen molar-refractivity contribution >= 4 is 17.6 Å². The highest BCUT2D eigenvalue weighted by Crippen LogP contribution is 2.31. The number of nitrogens with zero attached hydrogens (tertiary/aromatic N) is 2. The predicted molar refractivity (Wildman–Crippen MR) is 72.5 cm³/mol. The first-order chi connectivity index (χ1) is 10.2. The molecule has 0 aromatic heterocycles. The number of hydrogen-bond donors (Lipinski definition) is 1. The van der Waals surface area contributed by atoms with E-state index in [4.69, 9.17) is 5.11 Å². The molecule has 0 radical (unpaired) electrons. The summed E-state index contributed by atoms with van der Waals surface area (Å²) in [5.41, 5.74) is -0.397.